The minimum absolute atomic E-state index is 0.114. The van der Waals surface area contributed by atoms with Crippen LogP contribution in [-0.4, -0.2) is 50.5 Å². The molecule has 0 aromatic heterocycles. The third-order valence-electron chi connectivity index (χ3n) is 3.02. The summed E-state index contributed by atoms with van der Waals surface area (Å²) in [4.78, 5) is 21.9. The molecular weight excluding hydrogens is 280 g/mol. The number of anilines is 1. The van der Waals surface area contributed by atoms with Crippen molar-refractivity contribution in [3.05, 3.63) is 33.9 Å². The Bertz CT molecular complexity index is 527. The van der Waals surface area contributed by atoms with E-state index in [1.54, 1.807) is 0 Å². The maximum absolute atomic E-state index is 11.7. The lowest BCUT2D eigenvalue weighted by atomic mass is 10.1. The number of nitrogens with one attached hydrogen (secondary N) is 1. The van der Waals surface area contributed by atoms with E-state index in [2.05, 4.69) is 10.1 Å². The Morgan fingerprint density at radius 1 is 1.52 bits per heavy atom. The van der Waals surface area contributed by atoms with Gasteiger partial charge < -0.3 is 19.5 Å². The highest BCUT2D eigenvalue weighted by molar-refractivity contribution is 5.96. The third kappa shape index (κ3) is 3.89. The smallest absolute Gasteiger partial charge is 0.340 e. The molecule has 114 valence electrons. The van der Waals surface area contributed by atoms with Crippen molar-refractivity contribution >= 4 is 17.3 Å². The van der Waals surface area contributed by atoms with Gasteiger partial charge in [0.15, 0.2) is 0 Å². The Hall–Kier alpha value is -2.19. The quantitative estimate of drug-likeness (QED) is 0.495. The van der Waals surface area contributed by atoms with E-state index in [-0.39, 0.29) is 17.4 Å². The van der Waals surface area contributed by atoms with Crippen molar-refractivity contribution in [2.45, 2.75) is 6.10 Å². The number of rotatable bonds is 5. The molecule has 0 amide bonds. The van der Waals surface area contributed by atoms with Crippen LogP contribution in [-0.2, 0) is 14.2 Å². The molecule has 1 aliphatic heterocycles. The van der Waals surface area contributed by atoms with E-state index < -0.39 is 10.9 Å². The normalized spacial score (nSPS) is 18.0. The van der Waals surface area contributed by atoms with E-state index in [1.165, 1.54) is 25.3 Å². The Balaban J connectivity index is 2.13. The number of esters is 1. The molecule has 1 saturated heterocycles. The highest BCUT2D eigenvalue weighted by Gasteiger charge is 2.19. The number of hydrogen-bond acceptors (Lipinski definition) is 7. The second kappa shape index (κ2) is 7.00. The highest BCUT2D eigenvalue weighted by Crippen LogP contribution is 2.23. The van der Waals surface area contributed by atoms with Crippen molar-refractivity contribution in [1.29, 1.82) is 0 Å². The van der Waals surface area contributed by atoms with Gasteiger partial charge in [-0.25, -0.2) is 4.79 Å². The van der Waals surface area contributed by atoms with Crippen molar-refractivity contribution in [2.75, 3.05) is 38.8 Å². The number of nitrogens with zero attached hydrogens (tertiary/aromatic N) is 1. The van der Waals surface area contributed by atoms with Gasteiger partial charge in [0.2, 0.25) is 0 Å². The van der Waals surface area contributed by atoms with Crippen molar-refractivity contribution in [3.8, 4) is 0 Å². The average Bonchev–Trinajstić information content (AvgIpc) is 2.52. The Labute approximate surface area is 121 Å². The highest BCUT2D eigenvalue weighted by atomic mass is 16.6. The van der Waals surface area contributed by atoms with Crippen LogP contribution in [0.4, 0.5) is 11.4 Å². The molecule has 0 aliphatic carbocycles. The molecule has 1 aromatic rings. The maximum Gasteiger partial charge on any atom is 0.340 e. The zero-order valence-corrected chi connectivity index (χ0v) is 11.5. The van der Waals surface area contributed by atoms with Gasteiger partial charge in [0, 0.05) is 24.4 Å². The molecule has 8 nitrogen and oxygen atoms in total. The van der Waals surface area contributed by atoms with Gasteiger partial charge in [-0.15, -0.1) is 0 Å². The number of nitro groups is 1. The molecule has 1 aliphatic rings. The molecule has 0 saturated carbocycles. The molecule has 0 spiro atoms. The largest absolute Gasteiger partial charge is 0.465 e. The molecule has 1 heterocycles. The molecule has 2 rings (SSSR count). The van der Waals surface area contributed by atoms with Gasteiger partial charge in [-0.05, 0) is 6.07 Å². The van der Waals surface area contributed by atoms with Crippen LogP contribution in [0.1, 0.15) is 10.4 Å². The second-order valence-electron chi connectivity index (χ2n) is 4.43. The molecule has 1 fully saturated rings. The fourth-order valence-corrected chi connectivity index (χ4v) is 1.96. The number of ether oxygens (including phenoxy) is 3. The standard InChI is InChI=1S/C13H16N2O6/c1-19-13(16)11-6-9(15(17)18)2-3-12(11)14-7-10-8-20-4-5-21-10/h2-3,6,10,14H,4-5,7-8H2,1H3/t10-/m0/s1. The zero-order valence-electron chi connectivity index (χ0n) is 11.5. The summed E-state index contributed by atoms with van der Waals surface area (Å²) in [7, 11) is 1.23. The number of methoxy groups -OCH3 is 1. The van der Waals surface area contributed by atoms with Gasteiger partial charge in [0.05, 0.1) is 43.5 Å². The number of nitro benzene ring substituents is 1. The lowest BCUT2D eigenvalue weighted by Crippen LogP contribution is -2.34. The van der Waals surface area contributed by atoms with Gasteiger partial charge in [-0.2, -0.15) is 0 Å². The van der Waals surface area contributed by atoms with Crippen LogP contribution in [0.25, 0.3) is 0 Å². The lowest BCUT2D eigenvalue weighted by Gasteiger charge is -2.23. The fourth-order valence-electron chi connectivity index (χ4n) is 1.96. The molecule has 0 radical (unpaired) electrons. The molecule has 1 N–H and O–H groups in total. The summed E-state index contributed by atoms with van der Waals surface area (Å²) in [6.07, 6.45) is -0.126. The van der Waals surface area contributed by atoms with E-state index in [0.29, 0.717) is 32.1 Å². The lowest BCUT2D eigenvalue weighted by molar-refractivity contribution is -0.384. The summed E-state index contributed by atoms with van der Waals surface area (Å²) in [6.45, 7) is 1.99. The number of hydrogen-bond donors (Lipinski definition) is 1. The van der Waals surface area contributed by atoms with Crippen LogP contribution in [0, 0.1) is 10.1 Å². The van der Waals surface area contributed by atoms with Crippen LogP contribution in [0.5, 0.6) is 0 Å². The van der Waals surface area contributed by atoms with Crippen LogP contribution in [0.3, 0.4) is 0 Å². The maximum atomic E-state index is 11.7. The average molecular weight is 296 g/mol. The fraction of sp³-hybridized carbons (Fsp3) is 0.462. The van der Waals surface area contributed by atoms with Crippen LogP contribution in [0.15, 0.2) is 18.2 Å². The first kappa shape index (κ1) is 15.2. The zero-order chi connectivity index (χ0) is 15.2. The summed E-state index contributed by atoms with van der Waals surface area (Å²) >= 11 is 0. The van der Waals surface area contributed by atoms with E-state index in [0.717, 1.165) is 0 Å². The molecule has 0 unspecified atom stereocenters. The molecule has 1 atom stereocenters. The Morgan fingerprint density at radius 2 is 2.33 bits per heavy atom. The molecule has 21 heavy (non-hydrogen) atoms. The predicted molar refractivity (Wildman–Crippen MR) is 73.5 cm³/mol. The van der Waals surface area contributed by atoms with Crippen LogP contribution < -0.4 is 5.32 Å². The number of benzene rings is 1. The topological polar surface area (TPSA) is 99.9 Å². The monoisotopic (exact) mass is 296 g/mol. The Kier molecular flexibility index (Phi) is 5.07. The minimum atomic E-state index is -0.637. The van der Waals surface area contributed by atoms with Crippen molar-refractivity contribution in [3.63, 3.8) is 0 Å². The van der Waals surface area contributed by atoms with Crippen LogP contribution >= 0.6 is 0 Å². The first-order valence-electron chi connectivity index (χ1n) is 6.42. The van der Waals surface area contributed by atoms with E-state index >= 15 is 0 Å². The van der Waals surface area contributed by atoms with E-state index in [1.807, 2.05) is 0 Å². The Morgan fingerprint density at radius 3 is 2.95 bits per heavy atom. The minimum Gasteiger partial charge on any atom is -0.465 e. The summed E-state index contributed by atoms with van der Waals surface area (Å²) in [6, 6.07) is 3.99. The number of carbonyl (C=O) groups excluding carboxylic acids is 1. The van der Waals surface area contributed by atoms with Gasteiger partial charge in [0.25, 0.3) is 5.69 Å². The van der Waals surface area contributed by atoms with E-state index in [9.17, 15) is 14.9 Å². The van der Waals surface area contributed by atoms with Crippen LogP contribution in [0.2, 0.25) is 0 Å². The first-order chi connectivity index (χ1) is 10.1. The van der Waals surface area contributed by atoms with Crippen molar-refractivity contribution in [1.82, 2.24) is 0 Å². The molecular formula is C13H16N2O6. The number of non-ortho nitro benzene ring substituents is 1. The van der Waals surface area contributed by atoms with Gasteiger partial charge in [-0.1, -0.05) is 0 Å². The summed E-state index contributed by atoms with van der Waals surface area (Å²) < 4.78 is 15.4. The van der Waals surface area contributed by atoms with Gasteiger partial charge >= 0.3 is 5.97 Å². The van der Waals surface area contributed by atoms with E-state index in [4.69, 9.17) is 9.47 Å². The third-order valence-corrected chi connectivity index (χ3v) is 3.02. The molecule has 0 bridgehead atoms. The second-order valence-corrected chi connectivity index (χ2v) is 4.43. The first-order valence-corrected chi connectivity index (χ1v) is 6.42. The van der Waals surface area contributed by atoms with Gasteiger partial charge in [-0.3, -0.25) is 10.1 Å². The summed E-state index contributed by atoms with van der Waals surface area (Å²) in [5, 5.41) is 13.8. The molecule has 1 aromatic carbocycles. The van der Waals surface area contributed by atoms with Gasteiger partial charge in [0.1, 0.15) is 0 Å². The number of carbonyl (C=O) groups is 1. The molecule has 8 heteroatoms. The van der Waals surface area contributed by atoms with Crippen molar-refractivity contribution < 1.29 is 23.9 Å². The summed E-state index contributed by atoms with van der Waals surface area (Å²) in [5.74, 6) is -0.637. The van der Waals surface area contributed by atoms with Crippen molar-refractivity contribution in [2.24, 2.45) is 0 Å². The SMILES string of the molecule is COC(=O)c1cc([N+](=O)[O-])ccc1NC[C@H]1COCCO1. The predicted octanol–water partition coefficient (Wildman–Crippen LogP) is 1.21. The summed E-state index contributed by atoms with van der Waals surface area (Å²) in [5.41, 5.74) is 0.406.